The van der Waals surface area contributed by atoms with Crippen LogP contribution in [0.2, 0.25) is 5.02 Å². The molecule has 1 saturated heterocycles. The van der Waals surface area contributed by atoms with Crippen molar-refractivity contribution in [3.05, 3.63) is 52.7 Å². The summed E-state index contributed by atoms with van der Waals surface area (Å²) in [6.07, 6.45) is 2.32. The second-order valence-electron chi connectivity index (χ2n) is 10.5. The molecular weight excluding hydrogens is 541 g/mol. The number of anilines is 4. The van der Waals surface area contributed by atoms with Crippen molar-refractivity contribution in [2.45, 2.75) is 19.3 Å². The smallest absolute Gasteiger partial charge is 0.329 e. The Bertz CT molecular complexity index is 1490. The maximum absolute atomic E-state index is 11.2. The highest BCUT2D eigenvalue weighted by atomic mass is 35.5. The van der Waals surface area contributed by atoms with Crippen molar-refractivity contribution in [2.24, 2.45) is 0 Å². The molecule has 12 heteroatoms. The summed E-state index contributed by atoms with van der Waals surface area (Å²) in [6.45, 7) is 9.11. The molecule has 1 unspecified atom stereocenters. The van der Waals surface area contributed by atoms with Gasteiger partial charge in [-0.2, -0.15) is 5.26 Å². The van der Waals surface area contributed by atoms with Gasteiger partial charge in [-0.25, -0.2) is 9.97 Å². The average Bonchev–Trinajstić information content (AvgIpc) is 3.29. The highest BCUT2D eigenvalue weighted by Crippen LogP contribution is 2.44. The van der Waals surface area contributed by atoms with E-state index in [1.807, 2.05) is 25.1 Å². The first kappa shape index (κ1) is 28.7. The van der Waals surface area contributed by atoms with Crippen LogP contribution in [0.4, 0.5) is 23.0 Å². The predicted molar refractivity (Wildman–Crippen MR) is 162 cm³/mol. The standard InChI is InChI=1S/C29H32BClN7O3/c1-4-36-7-9-37(10-8-36)25-14-26(41-3)24(13-22(25)31)35-28-33-6-5-23(34-28)19-11-20(15-32)27-21(12-19)29(2,17-39)16-38(27)30-18-40/h5-6,11-14,18,39H,4,7-10,16-17H2,1-3H3,(H,33,34,35). The van der Waals surface area contributed by atoms with Gasteiger partial charge < -0.3 is 34.6 Å². The first-order valence-electron chi connectivity index (χ1n) is 13.5. The van der Waals surface area contributed by atoms with Crippen LogP contribution in [-0.4, -0.2) is 86.6 Å². The number of aliphatic hydroxyl groups excluding tert-OH is 1. The van der Waals surface area contributed by atoms with Gasteiger partial charge in [0.2, 0.25) is 5.95 Å². The van der Waals surface area contributed by atoms with Gasteiger partial charge in [0.15, 0.2) is 0 Å². The maximum Gasteiger partial charge on any atom is 0.329 e. The number of likely N-dealkylation sites (N-methyl/N-ethyl adjacent to an activating group) is 1. The number of benzene rings is 2. The zero-order chi connectivity index (χ0) is 29.1. The molecule has 2 N–H and O–H groups in total. The molecule has 2 aromatic carbocycles. The summed E-state index contributed by atoms with van der Waals surface area (Å²) in [5, 5.41) is 24.0. The Labute approximate surface area is 245 Å². The van der Waals surface area contributed by atoms with Crippen LogP contribution in [0.1, 0.15) is 25.0 Å². The number of piperazine rings is 1. The number of ether oxygens (including phenoxy) is 1. The molecule has 1 radical (unpaired) electrons. The second-order valence-corrected chi connectivity index (χ2v) is 10.9. The van der Waals surface area contributed by atoms with Crippen LogP contribution < -0.4 is 19.8 Å². The molecule has 10 nitrogen and oxygen atoms in total. The third-order valence-corrected chi connectivity index (χ3v) is 8.21. The van der Waals surface area contributed by atoms with E-state index < -0.39 is 5.41 Å². The third-order valence-electron chi connectivity index (χ3n) is 7.90. The van der Waals surface area contributed by atoms with Gasteiger partial charge in [0, 0.05) is 61.7 Å². The molecule has 0 bridgehead atoms. The summed E-state index contributed by atoms with van der Waals surface area (Å²) in [7, 11) is 3.00. The lowest BCUT2D eigenvalue weighted by atomic mass is 9.83. The molecule has 3 aromatic rings. The number of carbonyl (C=O) groups is 1. The van der Waals surface area contributed by atoms with E-state index in [0.29, 0.717) is 57.6 Å². The van der Waals surface area contributed by atoms with Crippen LogP contribution in [0.15, 0.2) is 36.5 Å². The SMILES string of the molecule is CCN1CCN(c2cc(OC)c(Nc3nccc(-c4cc(C#N)c5c(c4)C(C)(CO)CN5[B]C=O)n3)cc2Cl)CC1. The number of methoxy groups -OCH3 is 1. The summed E-state index contributed by atoms with van der Waals surface area (Å²) in [5.74, 6) is 0.951. The highest BCUT2D eigenvalue weighted by molar-refractivity contribution is 6.70. The minimum absolute atomic E-state index is 0.140. The lowest BCUT2D eigenvalue weighted by Gasteiger charge is -2.36. The number of hydrogen-bond acceptors (Lipinski definition) is 10. The molecule has 0 spiro atoms. The van der Waals surface area contributed by atoms with E-state index in [1.165, 1.54) is 7.41 Å². The number of fused-ring (bicyclic) bond motifs is 1. The summed E-state index contributed by atoms with van der Waals surface area (Å²) in [5.41, 5.74) is 4.00. The predicted octanol–water partition coefficient (Wildman–Crippen LogP) is 3.44. The van der Waals surface area contributed by atoms with Crippen molar-refractivity contribution in [3.63, 3.8) is 0 Å². The largest absolute Gasteiger partial charge is 0.494 e. The van der Waals surface area contributed by atoms with Crippen molar-refractivity contribution in [1.82, 2.24) is 14.9 Å². The molecular formula is C29H32BClN7O3. The van der Waals surface area contributed by atoms with Gasteiger partial charge in [0.05, 0.1) is 41.4 Å². The molecule has 2 aliphatic rings. The van der Waals surface area contributed by atoms with Gasteiger partial charge in [-0.1, -0.05) is 25.4 Å². The number of hydrogen-bond donors (Lipinski definition) is 2. The van der Waals surface area contributed by atoms with E-state index in [-0.39, 0.29) is 6.61 Å². The van der Waals surface area contributed by atoms with Crippen molar-refractivity contribution in [1.29, 1.82) is 5.26 Å². The topological polar surface area (TPSA) is 118 Å². The van der Waals surface area contributed by atoms with Crippen LogP contribution >= 0.6 is 11.6 Å². The number of nitrogens with one attached hydrogen (secondary N) is 1. The number of aromatic nitrogens is 2. The van der Waals surface area contributed by atoms with Gasteiger partial charge in [-0.3, -0.25) is 0 Å². The lowest BCUT2D eigenvalue weighted by Crippen LogP contribution is -2.46. The Balaban J connectivity index is 1.45. The van der Waals surface area contributed by atoms with E-state index in [1.54, 1.807) is 30.3 Å². The van der Waals surface area contributed by atoms with Crippen LogP contribution in [0.5, 0.6) is 5.75 Å². The molecule has 0 amide bonds. The second kappa shape index (κ2) is 11.9. The zero-order valence-corrected chi connectivity index (χ0v) is 24.1. The molecule has 1 aromatic heterocycles. The molecule has 1 atom stereocenters. The molecule has 3 heterocycles. The first-order valence-corrected chi connectivity index (χ1v) is 13.9. The summed E-state index contributed by atoms with van der Waals surface area (Å²) in [4.78, 5) is 26.8. The fourth-order valence-electron chi connectivity index (χ4n) is 5.57. The summed E-state index contributed by atoms with van der Waals surface area (Å²) in [6, 6.07) is 11.4. The number of aliphatic hydroxyl groups is 1. The van der Waals surface area contributed by atoms with Crippen LogP contribution in [0.3, 0.4) is 0 Å². The highest BCUT2D eigenvalue weighted by Gasteiger charge is 2.40. The molecule has 0 saturated carbocycles. The van der Waals surface area contributed by atoms with Crippen LogP contribution in [0.25, 0.3) is 11.3 Å². The van der Waals surface area contributed by atoms with Crippen molar-refractivity contribution in [2.75, 3.05) is 68.0 Å². The van der Waals surface area contributed by atoms with Gasteiger partial charge in [-0.05, 0) is 36.4 Å². The Morgan fingerprint density at radius 2 is 2.05 bits per heavy atom. The van der Waals surface area contributed by atoms with Gasteiger partial charge in [0.25, 0.3) is 0 Å². The van der Waals surface area contributed by atoms with Crippen molar-refractivity contribution in [3.8, 4) is 23.1 Å². The number of nitrogens with zero attached hydrogens (tertiary/aromatic N) is 6. The van der Waals surface area contributed by atoms with Gasteiger partial charge in [0.1, 0.15) is 18.0 Å². The van der Waals surface area contributed by atoms with E-state index in [4.69, 9.17) is 21.3 Å². The number of carbonyl (C=O) groups excluding carboxylic acids is 1. The summed E-state index contributed by atoms with van der Waals surface area (Å²) < 4.78 is 5.70. The molecule has 0 aliphatic carbocycles. The van der Waals surface area contributed by atoms with E-state index in [0.717, 1.165) is 44.0 Å². The molecule has 2 aliphatic heterocycles. The van der Waals surface area contributed by atoms with Crippen molar-refractivity contribution >= 4 is 48.2 Å². The lowest BCUT2D eigenvalue weighted by molar-refractivity contribution is 0.217. The number of halogens is 1. The Kier molecular flexibility index (Phi) is 8.36. The first-order chi connectivity index (χ1) is 19.8. The third kappa shape index (κ3) is 5.55. The maximum atomic E-state index is 11.2. The normalized spacial score (nSPS) is 18.5. The number of rotatable bonds is 9. The van der Waals surface area contributed by atoms with E-state index in [2.05, 4.69) is 33.1 Å². The summed E-state index contributed by atoms with van der Waals surface area (Å²) >= 11 is 6.75. The quantitative estimate of drug-likeness (QED) is 0.292. The van der Waals surface area contributed by atoms with Gasteiger partial charge >= 0.3 is 7.41 Å². The van der Waals surface area contributed by atoms with E-state index >= 15 is 0 Å². The van der Waals surface area contributed by atoms with E-state index in [9.17, 15) is 15.2 Å². The molecule has 1 fully saturated rings. The van der Waals surface area contributed by atoms with Gasteiger partial charge in [-0.15, -0.1) is 0 Å². The Morgan fingerprint density at radius 1 is 1.27 bits per heavy atom. The Hall–Kier alpha value is -3.85. The fourth-order valence-corrected chi connectivity index (χ4v) is 5.85. The minimum Gasteiger partial charge on any atom is -0.494 e. The molecule has 5 rings (SSSR count). The Morgan fingerprint density at radius 3 is 2.71 bits per heavy atom. The molecule has 41 heavy (non-hydrogen) atoms. The van der Waals surface area contributed by atoms with Crippen LogP contribution in [0, 0.1) is 11.3 Å². The van der Waals surface area contributed by atoms with Crippen LogP contribution in [-0.2, 0) is 10.2 Å². The van der Waals surface area contributed by atoms with Crippen molar-refractivity contribution < 1.29 is 14.6 Å². The minimum atomic E-state index is -0.653. The zero-order valence-electron chi connectivity index (χ0n) is 23.4. The average molecular weight is 573 g/mol. The monoisotopic (exact) mass is 572 g/mol. The number of nitriles is 1. The fraction of sp³-hybridized carbons (Fsp3) is 0.379. The molecule has 211 valence electrons.